The van der Waals surface area contributed by atoms with E-state index in [1.165, 1.54) is 35.7 Å². The van der Waals surface area contributed by atoms with Gasteiger partial charge in [-0.3, -0.25) is 4.79 Å². The Kier molecular flexibility index (Phi) is 6.03. The molecule has 0 aliphatic heterocycles. The largest absolute Gasteiger partial charge is 0.497 e. The third-order valence-electron chi connectivity index (χ3n) is 4.85. The van der Waals surface area contributed by atoms with Crippen LogP contribution >= 0.6 is 11.8 Å². The highest BCUT2D eigenvalue weighted by Crippen LogP contribution is 2.25. The molecule has 0 spiro atoms. The fourth-order valence-corrected chi connectivity index (χ4v) is 3.99. The van der Waals surface area contributed by atoms with Crippen LogP contribution in [0.25, 0.3) is 11.4 Å². The number of benzene rings is 1. The van der Waals surface area contributed by atoms with E-state index in [1.54, 1.807) is 7.11 Å². The first-order valence-electron chi connectivity index (χ1n) is 8.83. The first-order chi connectivity index (χ1) is 12.6. The molecule has 0 bridgehead atoms. The van der Waals surface area contributed by atoms with Crippen molar-refractivity contribution in [2.24, 2.45) is 0 Å². The minimum atomic E-state index is 0.107. The summed E-state index contributed by atoms with van der Waals surface area (Å²) in [4.78, 5) is 14.3. The van der Waals surface area contributed by atoms with Gasteiger partial charge >= 0.3 is 0 Å². The van der Waals surface area contributed by atoms with Crippen molar-refractivity contribution in [2.75, 3.05) is 25.8 Å². The molecule has 2 N–H and O–H groups in total. The van der Waals surface area contributed by atoms with Crippen LogP contribution in [0.2, 0.25) is 0 Å². The fraction of sp³-hybridized carbons (Fsp3) is 0.500. The number of carbonyl (C=O) groups excluding carboxylic acids is 1. The Morgan fingerprint density at radius 1 is 1.27 bits per heavy atom. The van der Waals surface area contributed by atoms with E-state index in [4.69, 9.17) is 10.6 Å². The van der Waals surface area contributed by atoms with Crippen molar-refractivity contribution in [2.45, 2.75) is 43.3 Å². The van der Waals surface area contributed by atoms with Gasteiger partial charge in [0.1, 0.15) is 5.75 Å². The summed E-state index contributed by atoms with van der Waals surface area (Å²) in [6, 6.07) is 7.81. The van der Waals surface area contributed by atoms with E-state index in [-0.39, 0.29) is 5.91 Å². The molecule has 0 atom stereocenters. The van der Waals surface area contributed by atoms with E-state index in [0.29, 0.717) is 22.8 Å². The Hall–Kier alpha value is -2.22. The fourth-order valence-electron chi connectivity index (χ4n) is 3.21. The molecule has 1 saturated carbocycles. The number of nitrogens with two attached hydrogens (primary N) is 1. The quantitative estimate of drug-likeness (QED) is 0.617. The molecule has 0 radical (unpaired) electrons. The van der Waals surface area contributed by atoms with E-state index in [2.05, 4.69) is 10.2 Å². The number of rotatable bonds is 6. The van der Waals surface area contributed by atoms with Crippen LogP contribution in [0, 0.1) is 0 Å². The molecular formula is C18H25N5O2S. The standard InChI is InChI=1S/C18H25N5O2S/c1-22(14-6-4-3-5-7-14)16(24)12-26-18-21-20-17(23(18)19)13-8-10-15(25-2)11-9-13/h8-11,14H,3-7,12,19H2,1-2H3. The highest BCUT2D eigenvalue weighted by atomic mass is 32.2. The van der Waals surface area contributed by atoms with E-state index < -0.39 is 0 Å². The Morgan fingerprint density at radius 2 is 1.96 bits per heavy atom. The molecule has 26 heavy (non-hydrogen) atoms. The Morgan fingerprint density at radius 3 is 2.62 bits per heavy atom. The lowest BCUT2D eigenvalue weighted by Crippen LogP contribution is -2.39. The summed E-state index contributed by atoms with van der Waals surface area (Å²) in [6.45, 7) is 0. The van der Waals surface area contributed by atoms with Crippen LogP contribution in [0.15, 0.2) is 29.4 Å². The molecule has 140 valence electrons. The predicted molar refractivity (Wildman–Crippen MR) is 103 cm³/mol. The molecule has 1 fully saturated rings. The van der Waals surface area contributed by atoms with Crippen molar-refractivity contribution in [1.29, 1.82) is 0 Å². The maximum absolute atomic E-state index is 12.5. The number of methoxy groups -OCH3 is 1. The number of hydrogen-bond donors (Lipinski definition) is 1. The Bertz CT molecular complexity index is 741. The molecule has 8 heteroatoms. The first kappa shape index (κ1) is 18.6. The third kappa shape index (κ3) is 4.12. The maximum Gasteiger partial charge on any atom is 0.233 e. The van der Waals surface area contributed by atoms with Crippen molar-refractivity contribution in [3.63, 3.8) is 0 Å². The van der Waals surface area contributed by atoms with Gasteiger partial charge in [0.2, 0.25) is 11.1 Å². The summed E-state index contributed by atoms with van der Waals surface area (Å²) in [5, 5.41) is 8.81. The van der Waals surface area contributed by atoms with Crippen molar-refractivity contribution < 1.29 is 9.53 Å². The predicted octanol–water partition coefficient (Wildman–Crippen LogP) is 2.55. The number of ether oxygens (including phenoxy) is 1. The second kappa shape index (κ2) is 8.44. The topological polar surface area (TPSA) is 86.3 Å². The monoisotopic (exact) mass is 375 g/mol. The molecule has 1 amide bonds. The summed E-state index contributed by atoms with van der Waals surface area (Å²) in [7, 11) is 3.52. The van der Waals surface area contributed by atoms with Gasteiger partial charge in [-0.25, -0.2) is 4.68 Å². The van der Waals surface area contributed by atoms with E-state index in [0.717, 1.165) is 24.2 Å². The normalized spacial score (nSPS) is 15.0. The van der Waals surface area contributed by atoms with Crippen molar-refractivity contribution in [3.05, 3.63) is 24.3 Å². The van der Waals surface area contributed by atoms with Crippen molar-refractivity contribution >= 4 is 17.7 Å². The summed E-state index contributed by atoms with van der Waals surface area (Å²) in [5.41, 5.74) is 0.846. The Labute approximate surface area is 157 Å². The van der Waals surface area contributed by atoms with Gasteiger partial charge in [0.15, 0.2) is 5.82 Å². The summed E-state index contributed by atoms with van der Waals surface area (Å²) in [6.07, 6.45) is 5.89. The molecule has 1 aliphatic rings. The molecule has 1 aliphatic carbocycles. The molecule has 7 nitrogen and oxygen atoms in total. The van der Waals surface area contributed by atoms with Gasteiger partial charge < -0.3 is 15.5 Å². The highest BCUT2D eigenvalue weighted by Gasteiger charge is 2.23. The van der Waals surface area contributed by atoms with Crippen molar-refractivity contribution in [3.8, 4) is 17.1 Å². The molecule has 1 heterocycles. The van der Waals surface area contributed by atoms with Crippen LogP contribution in [0.4, 0.5) is 0 Å². The minimum absolute atomic E-state index is 0.107. The number of aromatic nitrogens is 3. The number of hydrogen-bond acceptors (Lipinski definition) is 6. The summed E-state index contributed by atoms with van der Waals surface area (Å²) >= 11 is 1.32. The lowest BCUT2D eigenvalue weighted by atomic mass is 9.94. The van der Waals surface area contributed by atoms with Gasteiger partial charge in [-0.05, 0) is 37.1 Å². The number of nitrogen functional groups attached to an aromatic ring is 1. The van der Waals surface area contributed by atoms with Gasteiger partial charge in [-0.1, -0.05) is 31.0 Å². The average Bonchev–Trinajstić information content (AvgIpc) is 3.06. The van der Waals surface area contributed by atoms with Gasteiger partial charge in [0.05, 0.1) is 12.9 Å². The molecular weight excluding hydrogens is 350 g/mol. The number of carbonyl (C=O) groups is 1. The van der Waals surface area contributed by atoms with Gasteiger partial charge in [-0.15, -0.1) is 10.2 Å². The van der Waals surface area contributed by atoms with Crippen molar-refractivity contribution in [1.82, 2.24) is 19.8 Å². The van der Waals surface area contributed by atoms with E-state index in [9.17, 15) is 4.79 Å². The lowest BCUT2D eigenvalue weighted by molar-refractivity contribution is -0.129. The van der Waals surface area contributed by atoms with Gasteiger partial charge in [0.25, 0.3) is 0 Å². The lowest BCUT2D eigenvalue weighted by Gasteiger charge is -2.31. The van der Waals surface area contributed by atoms with Gasteiger partial charge in [-0.2, -0.15) is 0 Å². The first-order valence-corrected chi connectivity index (χ1v) is 9.82. The van der Waals surface area contributed by atoms with Crippen LogP contribution in [0.1, 0.15) is 32.1 Å². The molecule has 1 aromatic heterocycles. The van der Waals surface area contributed by atoms with Crippen LogP contribution < -0.4 is 10.6 Å². The second-order valence-electron chi connectivity index (χ2n) is 6.49. The maximum atomic E-state index is 12.5. The summed E-state index contributed by atoms with van der Waals surface area (Å²) < 4.78 is 6.59. The average molecular weight is 375 g/mol. The summed E-state index contributed by atoms with van der Waals surface area (Å²) in [5.74, 6) is 7.87. The Balaban J connectivity index is 1.61. The number of amides is 1. The zero-order valence-electron chi connectivity index (χ0n) is 15.2. The molecule has 2 aromatic rings. The van der Waals surface area contributed by atoms with Crippen LogP contribution in [-0.4, -0.2) is 51.6 Å². The van der Waals surface area contributed by atoms with E-state index >= 15 is 0 Å². The zero-order chi connectivity index (χ0) is 18.5. The molecule has 0 saturated heterocycles. The van der Waals surface area contributed by atoms with Crippen LogP contribution in [0.3, 0.4) is 0 Å². The number of thioether (sulfide) groups is 1. The van der Waals surface area contributed by atoms with Gasteiger partial charge in [0, 0.05) is 18.7 Å². The number of nitrogens with zero attached hydrogens (tertiary/aromatic N) is 4. The molecule has 3 rings (SSSR count). The minimum Gasteiger partial charge on any atom is -0.497 e. The second-order valence-corrected chi connectivity index (χ2v) is 7.43. The zero-order valence-corrected chi connectivity index (χ0v) is 16.0. The van der Waals surface area contributed by atoms with Crippen LogP contribution in [0.5, 0.6) is 5.75 Å². The van der Waals surface area contributed by atoms with E-state index in [1.807, 2.05) is 36.2 Å². The third-order valence-corrected chi connectivity index (χ3v) is 5.78. The van der Waals surface area contributed by atoms with Crippen LogP contribution in [-0.2, 0) is 4.79 Å². The molecule has 1 aromatic carbocycles. The molecule has 0 unspecified atom stereocenters. The SMILES string of the molecule is COc1ccc(-c2nnc(SCC(=O)N(C)C3CCCCC3)n2N)cc1. The smallest absolute Gasteiger partial charge is 0.233 e. The highest BCUT2D eigenvalue weighted by molar-refractivity contribution is 7.99.